The van der Waals surface area contributed by atoms with E-state index in [9.17, 15) is 98.7 Å². The first-order valence-corrected chi connectivity index (χ1v) is 40.9. The molecule has 15 atom stereocenters. The Bertz CT molecular complexity index is 2660. The third-order valence-corrected chi connectivity index (χ3v) is 18.4. The number of nitrogens with one attached hydrogen (secondary N) is 10. The molecule has 120 heavy (non-hydrogen) atoms. The maximum atomic E-state index is 13.9. The number of aliphatic hydroxyl groups is 9. The highest BCUT2D eigenvalue weighted by Gasteiger charge is 2.48. The molecule has 20 N–H and O–H groups in total. The van der Waals surface area contributed by atoms with Gasteiger partial charge in [-0.3, -0.25) is 52.7 Å². The minimum atomic E-state index is -1.51. The second-order valence-electron chi connectivity index (χ2n) is 28.6. The molecule has 0 aliphatic carbocycles. The minimum Gasteiger partial charge on any atom is -0.481 e. The molecular weight excluding hydrogens is 1600 g/mol. The molecule has 3 rings (SSSR count). The Morgan fingerprint density at radius 3 is 0.792 bits per heavy atom. The maximum Gasteiger partial charge on any atom is 0.305 e. The zero-order chi connectivity index (χ0) is 88.3. The summed E-state index contributed by atoms with van der Waals surface area (Å²) < 4.78 is 79.3. The summed E-state index contributed by atoms with van der Waals surface area (Å²) in [5, 5.41) is 127. The number of carboxylic acid groups (broad SMARTS) is 1. The first-order chi connectivity index (χ1) is 57.6. The van der Waals surface area contributed by atoms with E-state index in [2.05, 4.69) is 53.2 Å². The van der Waals surface area contributed by atoms with Crippen LogP contribution in [0.25, 0.3) is 0 Å². The Morgan fingerprint density at radius 2 is 0.533 bits per heavy atom. The second-order valence-corrected chi connectivity index (χ2v) is 28.6. The molecule has 45 nitrogen and oxygen atoms in total. The number of amides is 10. The van der Waals surface area contributed by atoms with Crippen LogP contribution in [0.15, 0.2) is 0 Å². The summed E-state index contributed by atoms with van der Waals surface area (Å²) in [5.74, 6) is -5.02. The standard InChI is InChI=1S/C75H134N10O35/c1-49(89)82-63-69(104)66(101)52(43-86)118-72(63)115-27-7-4-13-55(92)76-21-10-24-79-58(95)16-31-112-46-75(85-61(98)19-30-107-35-37-109-39-41-111-42-40-110-38-36-108-34-20-62(99)100,47-113-32-17-59(96)80-25-11-22-77-56(93)14-5-8-28-116-73-64(83-50(2)90)70(105)67(102)53(44-87)119-73)48-114-33-18-60(97)81-26-12-23-78-57(94)15-6-9-29-117-74-65(84-51(3)91)71(106)68(103)54(45-88)120-74/h52-54,63-74,86-88,101-106H,4-48H2,1-3H3,(H,76,92)(H,77,93)(H,78,94)(H,79,95)(H,80,96)(H,81,97)(H,82,89)(H,83,90)(H,84,91)(H,85,98)(H,99,100). The largest absolute Gasteiger partial charge is 0.481 e. The molecule has 0 spiro atoms. The molecule has 694 valence electrons. The van der Waals surface area contributed by atoms with Crippen LogP contribution in [0.2, 0.25) is 0 Å². The van der Waals surface area contributed by atoms with Crippen molar-refractivity contribution in [1.29, 1.82) is 0 Å². The first kappa shape index (κ1) is 107. The normalized spacial score (nSPS) is 23.3. The van der Waals surface area contributed by atoms with Gasteiger partial charge in [-0.25, -0.2) is 0 Å². The average Bonchev–Trinajstić information content (AvgIpc) is 0.819. The van der Waals surface area contributed by atoms with Crippen LogP contribution in [0.5, 0.6) is 0 Å². The van der Waals surface area contributed by atoms with Crippen molar-refractivity contribution in [3.05, 3.63) is 0 Å². The summed E-state index contributed by atoms with van der Waals surface area (Å²) in [6.45, 7) is 3.69. The van der Waals surface area contributed by atoms with Crippen molar-refractivity contribution in [2.24, 2.45) is 0 Å². The van der Waals surface area contributed by atoms with Gasteiger partial charge in [0.2, 0.25) is 59.1 Å². The van der Waals surface area contributed by atoms with Crippen molar-refractivity contribution in [2.45, 2.75) is 227 Å². The lowest BCUT2D eigenvalue weighted by molar-refractivity contribution is -0.270. The van der Waals surface area contributed by atoms with Crippen molar-refractivity contribution in [2.75, 3.05) is 185 Å². The topological polar surface area (TPSA) is 640 Å². The van der Waals surface area contributed by atoms with Crippen LogP contribution in [0.3, 0.4) is 0 Å². The van der Waals surface area contributed by atoms with Gasteiger partial charge in [0.1, 0.15) is 78.6 Å². The summed E-state index contributed by atoms with van der Waals surface area (Å²) in [4.78, 5) is 137. The van der Waals surface area contributed by atoms with Gasteiger partial charge >= 0.3 is 5.97 Å². The molecule has 3 aliphatic rings. The summed E-state index contributed by atoms with van der Waals surface area (Å²) in [5.41, 5.74) is -1.51. The van der Waals surface area contributed by atoms with Crippen molar-refractivity contribution >= 4 is 65.0 Å². The molecule has 3 saturated heterocycles. The van der Waals surface area contributed by atoms with Crippen molar-refractivity contribution in [3.63, 3.8) is 0 Å². The van der Waals surface area contributed by atoms with Crippen LogP contribution in [0, 0.1) is 0 Å². The molecule has 3 fully saturated rings. The zero-order valence-electron chi connectivity index (χ0n) is 69.2. The molecule has 3 heterocycles. The van der Waals surface area contributed by atoms with E-state index in [1.807, 2.05) is 0 Å². The van der Waals surface area contributed by atoms with E-state index in [1.54, 1.807) is 0 Å². The summed E-state index contributed by atoms with van der Waals surface area (Å²) in [7, 11) is 0. The Balaban J connectivity index is 1.57. The van der Waals surface area contributed by atoms with Gasteiger partial charge in [-0.1, -0.05) is 0 Å². The van der Waals surface area contributed by atoms with Crippen LogP contribution in [0.4, 0.5) is 0 Å². The maximum absolute atomic E-state index is 13.9. The molecule has 0 aromatic heterocycles. The lowest BCUT2D eigenvalue weighted by Gasteiger charge is -2.42. The Morgan fingerprint density at radius 1 is 0.292 bits per heavy atom. The smallest absolute Gasteiger partial charge is 0.305 e. The van der Waals surface area contributed by atoms with Gasteiger partial charge < -0.3 is 171 Å². The summed E-state index contributed by atoms with van der Waals surface area (Å²) in [6.07, 6.45) is -12.7. The molecule has 15 unspecified atom stereocenters. The van der Waals surface area contributed by atoms with E-state index in [1.165, 1.54) is 20.8 Å². The quantitative estimate of drug-likeness (QED) is 0.0252. The van der Waals surface area contributed by atoms with E-state index in [0.29, 0.717) is 57.8 Å². The second kappa shape index (κ2) is 65.0. The van der Waals surface area contributed by atoms with E-state index < -0.39 is 165 Å². The number of rotatable bonds is 70. The molecule has 3 aliphatic heterocycles. The summed E-state index contributed by atoms with van der Waals surface area (Å²) >= 11 is 0. The molecule has 10 amide bonds. The van der Waals surface area contributed by atoms with Crippen molar-refractivity contribution < 1.29 is 170 Å². The molecule has 0 radical (unpaired) electrons. The highest BCUT2D eigenvalue weighted by atomic mass is 16.7. The van der Waals surface area contributed by atoms with Crippen LogP contribution in [0.1, 0.15) is 130 Å². The molecule has 0 aromatic rings. The Labute approximate surface area is 698 Å². The van der Waals surface area contributed by atoms with Crippen LogP contribution in [-0.2, 0) is 119 Å². The van der Waals surface area contributed by atoms with E-state index in [0.717, 1.165) is 0 Å². The number of carbonyl (C=O) groups excluding carboxylic acids is 10. The van der Waals surface area contributed by atoms with Crippen molar-refractivity contribution in [3.8, 4) is 0 Å². The Hall–Kier alpha value is -6.75. The monoisotopic (exact) mass is 1730 g/mol. The Kier molecular flexibility index (Phi) is 58.1. The molecule has 0 aromatic carbocycles. The molecule has 45 heteroatoms. The number of hydrogen-bond acceptors (Lipinski definition) is 34. The van der Waals surface area contributed by atoms with Gasteiger partial charge in [0.25, 0.3) is 0 Å². The number of hydrogen-bond donors (Lipinski definition) is 20. The van der Waals surface area contributed by atoms with Gasteiger partial charge in [0, 0.05) is 125 Å². The number of ether oxygens (including phenoxy) is 14. The highest BCUT2D eigenvalue weighted by molar-refractivity contribution is 5.79. The number of unbranched alkanes of at least 4 members (excludes halogenated alkanes) is 3. The van der Waals surface area contributed by atoms with Crippen LogP contribution < -0.4 is 53.2 Å². The number of carboxylic acids is 1. The van der Waals surface area contributed by atoms with E-state index in [4.69, 9.17) is 71.4 Å². The van der Waals surface area contributed by atoms with Gasteiger partial charge in [-0.05, 0) is 57.8 Å². The van der Waals surface area contributed by atoms with E-state index in [-0.39, 0.29) is 234 Å². The van der Waals surface area contributed by atoms with Gasteiger partial charge in [-0.15, -0.1) is 0 Å². The summed E-state index contributed by atoms with van der Waals surface area (Å²) in [6, 6.07) is -3.32. The van der Waals surface area contributed by atoms with Crippen LogP contribution >= 0.6 is 0 Å². The predicted molar refractivity (Wildman–Crippen MR) is 416 cm³/mol. The molecular formula is C75H134N10O35. The van der Waals surface area contributed by atoms with Crippen molar-refractivity contribution in [1.82, 2.24) is 53.2 Å². The van der Waals surface area contributed by atoms with Crippen LogP contribution in [-0.4, -0.2) is 398 Å². The fourth-order valence-corrected chi connectivity index (χ4v) is 12.0. The molecule has 0 saturated carbocycles. The fourth-order valence-electron chi connectivity index (χ4n) is 12.0. The molecule has 0 bridgehead atoms. The zero-order valence-corrected chi connectivity index (χ0v) is 69.2. The highest BCUT2D eigenvalue weighted by Crippen LogP contribution is 2.26. The van der Waals surface area contributed by atoms with Gasteiger partial charge in [0.15, 0.2) is 18.9 Å². The third-order valence-electron chi connectivity index (χ3n) is 18.4. The number of aliphatic hydroxyl groups excluding tert-OH is 9. The lowest BCUT2D eigenvalue weighted by atomic mass is 9.97. The SMILES string of the molecule is CC(=O)NC1C(OCCCCC(=O)NCCCNC(=O)CCOCC(COCCC(=O)NCCCNC(=O)CCCCOC2OC(CO)C(O)C(O)C2NC(C)=O)(COCCC(=O)NCCCNC(=O)CCCCOC2OC(CO)C(O)C(O)C2NC(C)=O)NC(=O)CCOCCOCCOCCOCCOCCC(=O)O)OC(CO)C(O)C1O. The average molecular weight is 1740 g/mol. The first-order valence-electron chi connectivity index (χ1n) is 40.9. The van der Waals surface area contributed by atoms with Gasteiger partial charge in [-0.2, -0.15) is 0 Å². The number of carbonyl (C=O) groups is 11. The predicted octanol–water partition coefficient (Wildman–Crippen LogP) is -7.73. The van der Waals surface area contributed by atoms with E-state index >= 15 is 0 Å². The lowest BCUT2D eigenvalue weighted by Crippen LogP contribution is -2.64. The minimum absolute atomic E-state index is 0.0598. The number of aliphatic carboxylic acids is 1. The fraction of sp³-hybridized carbons (Fsp3) is 0.853. The third kappa shape index (κ3) is 47.8. The van der Waals surface area contributed by atoms with Gasteiger partial charge in [0.05, 0.1) is 132 Å².